The normalized spacial score (nSPS) is 8.86. The maximum Gasteiger partial charge on any atom is 0.668 e. The molecule has 0 aliphatic carbocycles. The van der Waals surface area contributed by atoms with E-state index in [2.05, 4.69) is 0 Å². The number of hydrogen-bond acceptors (Lipinski definition) is 2. The zero-order valence-electron chi connectivity index (χ0n) is 4.81. The van der Waals surface area contributed by atoms with Crippen molar-refractivity contribution >= 4 is 15.9 Å². The highest BCUT2D eigenvalue weighted by molar-refractivity contribution is 6.17. The molecule has 41 valence electrons. The van der Waals surface area contributed by atoms with Crippen molar-refractivity contribution in [3.05, 3.63) is 0 Å². The largest absolute Gasteiger partial charge is 0.668 e. The number of hydrogen-bond donors (Lipinski definition) is 0. The summed E-state index contributed by atoms with van der Waals surface area (Å²) in [5.41, 5.74) is 0. The van der Waals surface area contributed by atoms with E-state index in [4.69, 9.17) is 7.58 Å². The Hall–Kier alpha value is 0.452. The van der Waals surface area contributed by atoms with Gasteiger partial charge >= 0.3 is 15.9 Å². The first-order valence-electron chi connectivity index (χ1n) is 2.46. The summed E-state index contributed by atoms with van der Waals surface area (Å²) in [6.07, 6.45) is 0. The van der Waals surface area contributed by atoms with Gasteiger partial charge < -0.3 is 7.58 Å². The van der Waals surface area contributed by atoms with Crippen LogP contribution in [-0.2, 0) is 7.58 Å². The number of rotatable bonds is 4. The van der Waals surface area contributed by atoms with Crippen LogP contribution in [0.3, 0.4) is 0 Å². The van der Waals surface area contributed by atoms with Crippen molar-refractivity contribution in [2.24, 2.45) is 0 Å². The van der Waals surface area contributed by atoms with E-state index in [1.807, 2.05) is 13.8 Å². The van der Waals surface area contributed by atoms with Crippen LogP contribution in [0.15, 0.2) is 0 Å². The molecular formula is C4H10AlO2. The molecule has 0 N–H and O–H groups in total. The van der Waals surface area contributed by atoms with E-state index in [0.717, 1.165) is 13.2 Å². The Morgan fingerprint density at radius 1 is 1.14 bits per heavy atom. The van der Waals surface area contributed by atoms with Gasteiger partial charge in [-0.1, -0.05) is 0 Å². The third kappa shape index (κ3) is 6.45. The molecule has 0 atom stereocenters. The fourth-order valence-corrected chi connectivity index (χ4v) is 0.553. The molecule has 7 heavy (non-hydrogen) atoms. The summed E-state index contributed by atoms with van der Waals surface area (Å²) in [5.74, 6) is 0. The molecule has 0 aliphatic rings. The standard InChI is InChI=1S/2C2H5O.Al/c2*1-2-3;/h2*2H2,1H3;/q2*-1;+2. The lowest BCUT2D eigenvalue weighted by atomic mass is 10.9. The average molecular weight is 117 g/mol. The molecule has 0 fully saturated rings. The summed E-state index contributed by atoms with van der Waals surface area (Å²) in [5, 5.41) is 0. The van der Waals surface area contributed by atoms with E-state index in [1.54, 1.807) is 0 Å². The van der Waals surface area contributed by atoms with E-state index in [1.165, 1.54) is 0 Å². The first-order valence-corrected chi connectivity index (χ1v) is 3.41. The van der Waals surface area contributed by atoms with E-state index in [-0.39, 0.29) is 15.9 Å². The summed E-state index contributed by atoms with van der Waals surface area (Å²) in [7, 11) is 0. The van der Waals surface area contributed by atoms with Crippen molar-refractivity contribution in [3.8, 4) is 0 Å². The zero-order chi connectivity index (χ0) is 5.54. The van der Waals surface area contributed by atoms with Gasteiger partial charge in [0.2, 0.25) is 0 Å². The van der Waals surface area contributed by atoms with Gasteiger partial charge in [0.25, 0.3) is 0 Å². The topological polar surface area (TPSA) is 18.5 Å². The van der Waals surface area contributed by atoms with Gasteiger partial charge in [-0.25, -0.2) is 0 Å². The van der Waals surface area contributed by atoms with Crippen LogP contribution in [0.4, 0.5) is 0 Å². The third-order valence-corrected chi connectivity index (χ3v) is 1.41. The lowest BCUT2D eigenvalue weighted by Crippen LogP contribution is -2.02. The van der Waals surface area contributed by atoms with Crippen LogP contribution in [-0.4, -0.2) is 29.1 Å². The van der Waals surface area contributed by atoms with E-state index < -0.39 is 0 Å². The molecule has 0 rings (SSSR count). The molecule has 0 bridgehead atoms. The van der Waals surface area contributed by atoms with Crippen molar-refractivity contribution in [3.63, 3.8) is 0 Å². The molecule has 1 radical (unpaired) electrons. The lowest BCUT2D eigenvalue weighted by Gasteiger charge is -1.95. The molecule has 0 saturated carbocycles. The van der Waals surface area contributed by atoms with Gasteiger partial charge in [-0.05, 0) is 13.8 Å². The maximum absolute atomic E-state index is 4.94. The van der Waals surface area contributed by atoms with Gasteiger partial charge in [0, 0.05) is 13.2 Å². The fourth-order valence-electron chi connectivity index (χ4n) is 0.184. The van der Waals surface area contributed by atoms with Gasteiger partial charge in [-0.3, -0.25) is 0 Å². The van der Waals surface area contributed by atoms with Crippen molar-refractivity contribution in [1.29, 1.82) is 0 Å². The zero-order valence-corrected chi connectivity index (χ0v) is 5.96. The van der Waals surface area contributed by atoms with Gasteiger partial charge in [0.1, 0.15) is 0 Å². The Balaban J connectivity index is 2.45. The van der Waals surface area contributed by atoms with Gasteiger partial charge in [-0.15, -0.1) is 0 Å². The second kappa shape index (κ2) is 6.45. The van der Waals surface area contributed by atoms with Crippen LogP contribution in [0, 0.1) is 0 Å². The van der Waals surface area contributed by atoms with Crippen molar-refractivity contribution < 1.29 is 7.58 Å². The Morgan fingerprint density at radius 3 is 1.86 bits per heavy atom. The van der Waals surface area contributed by atoms with Gasteiger partial charge in [-0.2, -0.15) is 0 Å². The minimum Gasteiger partial charge on any atom is -0.484 e. The van der Waals surface area contributed by atoms with Crippen LogP contribution in [0.2, 0.25) is 0 Å². The SMILES string of the molecule is CC[O][Al][O]CC. The molecule has 0 aromatic carbocycles. The van der Waals surface area contributed by atoms with Crippen LogP contribution >= 0.6 is 0 Å². The minimum absolute atomic E-state index is 0.178. The predicted octanol–water partition coefficient (Wildman–Crippen LogP) is 0.594. The van der Waals surface area contributed by atoms with E-state index >= 15 is 0 Å². The molecule has 3 heteroatoms. The molecule has 0 unspecified atom stereocenters. The third-order valence-electron chi connectivity index (χ3n) is 0.469. The van der Waals surface area contributed by atoms with Crippen molar-refractivity contribution in [1.82, 2.24) is 0 Å². The Morgan fingerprint density at radius 2 is 1.57 bits per heavy atom. The smallest absolute Gasteiger partial charge is 0.484 e. The quantitative estimate of drug-likeness (QED) is 0.396. The Kier molecular flexibility index (Phi) is 6.87. The fraction of sp³-hybridized carbons (Fsp3) is 1.00. The minimum atomic E-state index is -0.178. The highest BCUT2D eigenvalue weighted by Gasteiger charge is 1.89. The second-order valence-electron chi connectivity index (χ2n) is 1.01. The van der Waals surface area contributed by atoms with E-state index in [0.29, 0.717) is 0 Å². The van der Waals surface area contributed by atoms with Crippen LogP contribution in [0.1, 0.15) is 13.8 Å². The monoisotopic (exact) mass is 117 g/mol. The van der Waals surface area contributed by atoms with Gasteiger partial charge in [0.05, 0.1) is 0 Å². The van der Waals surface area contributed by atoms with Crippen molar-refractivity contribution in [2.75, 3.05) is 13.2 Å². The molecular weight excluding hydrogens is 107 g/mol. The Bertz CT molecular complexity index is 28.9. The molecule has 0 amide bonds. The summed E-state index contributed by atoms with van der Waals surface area (Å²) in [4.78, 5) is 0. The maximum atomic E-state index is 4.94. The van der Waals surface area contributed by atoms with Crippen LogP contribution in [0.5, 0.6) is 0 Å². The molecule has 0 heterocycles. The first kappa shape index (κ1) is 7.45. The average Bonchev–Trinajstić information content (AvgIpc) is 1.69. The van der Waals surface area contributed by atoms with Gasteiger partial charge in [0.15, 0.2) is 0 Å². The van der Waals surface area contributed by atoms with E-state index in [9.17, 15) is 0 Å². The van der Waals surface area contributed by atoms with Crippen LogP contribution in [0.25, 0.3) is 0 Å². The van der Waals surface area contributed by atoms with Crippen LogP contribution < -0.4 is 0 Å². The highest BCUT2D eigenvalue weighted by Crippen LogP contribution is 1.70. The summed E-state index contributed by atoms with van der Waals surface area (Å²) >= 11 is -0.178. The summed E-state index contributed by atoms with van der Waals surface area (Å²) in [6.45, 7) is 5.47. The molecule has 0 aliphatic heterocycles. The summed E-state index contributed by atoms with van der Waals surface area (Å²) < 4.78 is 9.87. The first-order chi connectivity index (χ1) is 3.41. The van der Waals surface area contributed by atoms with Crippen molar-refractivity contribution in [2.45, 2.75) is 13.8 Å². The lowest BCUT2D eigenvalue weighted by molar-refractivity contribution is 0.240. The molecule has 0 aromatic heterocycles. The second-order valence-corrected chi connectivity index (χ2v) is 1.87. The summed E-state index contributed by atoms with van der Waals surface area (Å²) in [6, 6.07) is 0. The molecule has 2 nitrogen and oxygen atoms in total. The molecule has 0 saturated heterocycles. The Labute approximate surface area is 51.2 Å². The molecule has 0 spiro atoms. The highest BCUT2D eigenvalue weighted by atomic mass is 27.2. The molecule has 0 aromatic rings. The predicted molar refractivity (Wildman–Crippen MR) is 29.0 cm³/mol.